The summed E-state index contributed by atoms with van der Waals surface area (Å²) < 4.78 is 15.4. The van der Waals surface area contributed by atoms with Gasteiger partial charge in [0.05, 0.1) is 6.04 Å². The van der Waals surface area contributed by atoms with E-state index in [0.717, 1.165) is 12.8 Å². The molecule has 0 radical (unpaired) electrons. The average molecular weight is 217 g/mol. The SMILES string of the molecule is COC(OC)C(C)NC(=O)C1CCCO1. The predicted molar refractivity (Wildman–Crippen MR) is 54.4 cm³/mol. The molecule has 1 fully saturated rings. The van der Waals surface area contributed by atoms with Gasteiger partial charge in [-0.1, -0.05) is 0 Å². The van der Waals surface area contributed by atoms with Crippen molar-refractivity contribution in [3.63, 3.8) is 0 Å². The van der Waals surface area contributed by atoms with Crippen molar-refractivity contribution >= 4 is 5.91 Å². The Bertz CT molecular complexity index is 200. The molecule has 1 aliphatic heterocycles. The van der Waals surface area contributed by atoms with Crippen LogP contribution in [0, 0.1) is 0 Å². The number of methoxy groups -OCH3 is 2. The number of nitrogens with one attached hydrogen (secondary N) is 1. The second-order valence-corrected chi connectivity index (χ2v) is 3.64. The fourth-order valence-corrected chi connectivity index (χ4v) is 1.67. The van der Waals surface area contributed by atoms with Gasteiger partial charge in [0.25, 0.3) is 0 Å². The Labute approximate surface area is 90.1 Å². The molecule has 1 heterocycles. The minimum absolute atomic E-state index is 0.0842. The van der Waals surface area contributed by atoms with E-state index >= 15 is 0 Å². The average Bonchev–Trinajstić information content (AvgIpc) is 2.72. The molecule has 1 rings (SSSR count). The van der Waals surface area contributed by atoms with E-state index in [4.69, 9.17) is 14.2 Å². The largest absolute Gasteiger partial charge is 0.368 e. The smallest absolute Gasteiger partial charge is 0.249 e. The molecule has 88 valence electrons. The Morgan fingerprint density at radius 3 is 2.60 bits per heavy atom. The van der Waals surface area contributed by atoms with E-state index < -0.39 is 6.29 Å². The van der Waals surface area contributed by atoms with Gasteiger partial charge in [-0.2, -0.15) is 0 Å². The highest BCUT2D eigenvalue weighted by Gasteiger charge is 2.26. The van der Waals surface area contributed by atoms with Gasteiger partial charge in [0.1, 0.15) is 6.10 Å². The summed E-state index contributed by atoms with van der Waals surface area (Å²) in [7, 11) is 3.09. The van der Waals surface area contributed by atoms with Crippen molar-refractivity contribution in [2.75, 3.05) is 20.8 Å². The molecule has 0 bridgehead atoms. The summed E-state index contributed by atoms with van der Waals surface area (Å²) in [5.74, 6) is -0.0842. The number of rotatable bonds is 5. The number of carbonyl (C=O) groups excluding carboxylic acids is 1. The quantitative estimate of drug-likeness (QED) is 0.672. The first-order valence-electron chi connectivity index (χ1n) is 5.16. The second kappa shape index (κ2) is 6.05. The monoisotopic (exact) mass is 217 g/mol. The molecule has 2 unspecified atom stereocenters. The van der Waals surface area contributed by atoms with E-state index in [2.05, 4.69) is 5.32 Å². The minimum atomic E-state index is -0.421. The molecule has 0 saturated carbocycles. The van der Waals surface area contributed by atoms with E-state index in [1.54, 1.807) is 14.2 Å². The Kier molecular flexibility index (Phi) is 5.01. The van der Waals surface area contributed by atoms with E-state index in [1.807, 2.05) is 6.92 Å². The molecule has 1 amide bonds. The molecule has 0 spiro atoms. The molecular weight excluding hydrogens is 198 g/mol. The summed E-state index contributed by atoms with van der Waals surface area (Å²) in [6.07, 6.45) is 1.02. The van der Waals surface area contributed by atoms with Gasteiger partial charge in [-0.05, 0) is 19.8 Å². The highest BCUT2D eigenvalue weighted by atomic mass is 16.7. The number of hydrogen-bond donors (Lipinski definition) is 1. The Morgan fingerprint density at radius 1 is 1.47 bits per heavy atom. The van der Waals surface area contributed by atoms with Crippen molar-refractivity contribution in [1.29, 1.82) is 0 Å². The normalized spacial score (nSPS) is 23.1. The van der Waals surface area contributed by atoms with Gasteiger partial charge in [-0.3, -0.25) is 4.79 Å². The molecule has 5 nitrogen and oxygen atoms in total. The third kappa shape index (κ3) is 3.44. The molecule has 2 atom stereocenters. The van der Waals surface area contributed by atoms with Gasteiger partial charge in [-0.15, -0.1) is 0 Å². The number of hydrogen-bond acceptors (Lipinski definition) is 4. The lowest BCUT2D eigenvalue weighted by molar-refractivity contribution is -0.142. The van der Waals surface area contributed by atoms with Crippen LogP contribution in [0.5, 0.6) is 0 Å². The summed E-state index contributed by atoms with van der Waals surface area (Å²) in [4.78, 5) is 11.6. The molecule has 1 aliphatic rings. The van der Waals surface area contributed by atoms with Crippen LogP contribution < -0.4 is 5.32 Å². The fraction of sp³-hybridized carbons (Fsp3) is 0.900. The third-order valence-corrected chi connectivity index (χ3v) is 2.46. The van der Waals surface area contributed by atoms with Crippen molar-refractivity contribution in [3.05, 3.63) is 0 Å². The maximum Gasteiger partial charge on any atom is 0.249 e. The number of amides is 1. The molecular formula is C10H19NO4. The lowest BCUT2D eigenvalue weighted by Crippen LogP contribution is -2.46. The van der Waals surface area contributed by atoms with Gasteiger partial charge in [0.2, 0.25) is 5.91 Å². The molecule has 0 aromatic carbocycles. The zero-order valence-corrected chi connectivity index (χ0v) is 9.49. The predicted octanol–water partition coefficient (Wildman–Crippen LogP) is 0.289. The van der Waals surface area contributed by atoms with Crippen LogP contribution in [0.25, 0.3) is 0 Å². The molecule has 0 aromatic rings. The van der Waals surface area contributed by atoms with Crippen molar-refractivity contribution in [2.24, 2.45) is 0 Å². The summed E-state index contributed by atoms with van der Waals surface area (Å²) >= 11 is 0. The summed E-state index contributed by atoms with van der Waals surface area (Å²) in [5, 5.41) is 2.81. The van der Waals surface area contributed by atoms with Crippen molar-refractivity contribution in [1.82, 2.24) is 5.32 Å². The molecule has 1 saturated heterocycles. The van der Waals surface area contributed by atoms with E-state index in [0.29, 0.717) is 6.61 Å². The highest BCUT2D eigenvalue weighted by Crippen LogP contribution is 2.12. The minimum Gasteiger partial charge on any atom is -0.368 e. The van der Waals surface area contributed by atoms with Crippen LogP contribution in [0.4, 0.5) is 0 Å². The van der Waals surface area contributed by atoms with Gasteiger partial charge in [0.15, 0.2) is 6.29 Å². The zero-order chi connectivity index (χ0) is 11.3. The second-order valence-electron chi connectivity index (χ2n) is 3.64. The summed E-state index contributed by atoms with van der Waals surface area (Å²) in [5.41, 5.74) is 0. The molecule has 0 aromatic heterocycles. The Hall–Kier alpha value is -0.650. The lowest BCUT2D eigenvalue weighted by Gasteiger charge is -2.23. The summed E-state index contributed by atoms with van der Waals surface area (Å²) in [6, 6.07) is -0.184. The van der Waals surface area contributed by atoms with Crippen LogP contribution >= 0.6 is 0 Å². The molecule has 15 heavy (non-hydrogen) atoms. The maximum absolute atomic E-state index is 11.6. The van der Waals surface area contributed by atoms with Crippen LogP contribution in [0.1, 0.15) is 19.8 Å². The Balaban J connectivity index is 2.35. The topological polar surface area (TPSA) is 56.8 Å². The van der Waals surface area contributed by atoms with Crippen LogP contribution in [-0.2, 0) is 19.0 Å². The highest BCUT2D eigenvalue weighted by molar-refractivity contribution is 5.81. The van der Waals surface area contributed by atoms with E-state index in [9.17, 15) is 4.79 Å². The maximum atomic E-state index is 11.6. The van der Waals surface area contributed by atoms with Crippen molar-refractivity contribution in [2.45, 2.75) is 38.2 Å². The van der Waals surface area contributed by atoms with E-state index in [1.165, 1.54) is 0 Å². The Morgan fingerprint density at radius 2 is 2.13 bits per heavy atom. The van der Waals surface area contributed by atoms with E-state index in [-0.39, 0.29) is 18.1 Å². The molecule has 5 heteroatoms. The first-order valence-corrected chi connectivity index (χ1v) is 5.16. The lowest BCUT2D eigenvalue weighted by atomic mass is 10.2. The molecule has 1 N–H and O–H groups in total. The van der Waals surface area contributed by atoms with Gasteiger partial charge < -0.3 is 19.5 Å². The molecule has 0 aliphatic carbocycles. The van der Waals surface area contributed by atoms with Crippen LogP contribution in [0.2, 0.25) is 0 Å². The van der Waals surface area contributed by atoms with Gasteiger partial charge >= 0.3 is 0 Å². The number of ether oxygens (including phenoxy) is 3. The van der Waals surface area contributed by atoms with Crippen LogP contribution in [0.15, 0.2) is 0 Å². The summed E-state index contributed by atoms with van der Waals surface area (Å²) in [6.45, 7) is 2.51. The third-order valence-electron chi connectivity index (χ3n) is 2.46. The van der Waals surface area contributed by atoms with Crippen LogP contribution in [-0.4, -0.2) is 45.2 Å². The van der Waals surface area contributed by atoms with Gasteiger partial charge in [-0.25, -0.2) is 0 Å². The first-order chi connectivity index (χ1) is 7.19. The van der Waals surface area contributed by atoms with Crippen molar-refractivity contribution < 1.29 is 19.0 Å². The zero-order valence-electron chi connectivity index (χ0n) is 9.49. The van der Waals surface area contributed by atoms with Crippen LogP contribution in [0.3, 0.4) is 0 Å². The fourth-order valence-electron chi connectivity index (χ4n) is 1.67. The van der Waals surface area contributed by atoms with Crippen molar-refractivity contribution in [3.8, 4) is 0 Å². The first kappa shape index (κ1) is 12.4. The van der Waals surface area contributed by atoms with Gasteiger partial charge in [0, 0.05) is 20.8 Å². The standard InChI is InChI=1S/C10H19NO4/c1-7(10(13-2)14-3)11-9(12)8-5-4-6-15-8/h7-8,10H,4-6H2,1-3H3,(H,11,12). The number of carbonyl (C=O) groups is 1.